The van der Waals surface area contributed by atoms with Crippen LogP contribution in [-0.2, 0) is 14.8 Å². The molecule has 0 radical (unpaired) electrons. The van der Waals surface area contributed by atoms with Crippen LogP contribution >= 0.6 is 0 Å². The van der Waals surface area contributed by atoms with Crippen LogP contribution in [0.25, 0.3) is 0 Å². The lowest BCUT2D eigenvalue weighted by Crippen LogP contribution is -2.47. The van der Waals surface area contributed by atoms with Crippen molar-refractivity contribution in [3.05, 3.63) is 18.3 Å². The van der Waals surface area contributed by atoms with E-state index in [4.69, 9.17) is 0 Å². The molecule has 0 aliphatic carbocycles. The van der Waals surface area contributed by atoms with Crippen LogP contribution in [0.4, 0.5) is 5.82 Å². The van der Waals surface area contributed by atoms with E-state index in [1.165, 1.54) is 10.5 Å². The van der Waals surface area contributed by atoms with Gasteiger partial charge in [0.15, 0.2) is 0 Å². The highest BCUT2D eigenvalue weighted by Gasteiger charge is 2.29. The van der Waals surface area contributed by atoms with Crippen molar-refractivity contribution in [1.29, 1.82) is 0 Å². The fourth-order valence-electron chi connectivity index (χ4n) is 3.77. The number of likely N-dealkylation sites (N-methyl/N-ethyl adjacent to an activating group) is 1. The zero-order valence-electron chi connectivity index (χ0n) is 18.5. The summed E-state index contributed by atoms with van der Waals surface area (Å²) in [4.78, 5) is 21.4. The van der Waals surface area contributed by atoms with Crippen molar-refractivity contribution in [3.8, 4) is 0 Å². The molecule has 1 unspecified atom stereocenters. The van der Waals surface area contributed by atoms with Crippen molar-refractivity contribution in [3.63, 3.8) is 0 Å². The van der Waals surface area contributed by atoms with Crippen LogP contribution in [-0.4, -0.2) is 80.9 Å². The van der Waals surface area contributed by atoms with Gasteiger partial charge in [-0.05, 0) is 44.9 Å². The fourth-order valence-corrected chi connectivity index (χ4v) is 5.14. The van der Waals surface area contributed by atoms with E-state index in [0.717, 1.165) is 44.8 Å². The minimum absolute atomic E-state index is 0.0272. The average molecular weight is 438 g/mol. The number of amides is 1. The largest absolute Gasteiger partial charge is 0.357 e. The van der Waals surface area contributed by atoms with Crippen molar-refractivity contribution in [1.82, 2.24) is 19.5 Å². The third kappa shape index (κ3) is 5.31. The molecule has 0 bridgehead atoms. The van der Waals surface area contributed by atoms with Gasteiger partial charge in [-0.1, -0.05) is 13.8 Å². The summed E-state index contributed by atoms with van der Waals surface area (Å²) in [5.41, 5.74) is 0. The second-order valence-electron chi connectivity index (χ2n) is 8.86. The molecule has 2 saturated heterocycles. The van der Waals surface area contributed by atoms with Gasteiger partial charge in [-0.25, -0.2) is 13.4 Å². The van der Waals surface area contributed by atoms with E-state index < -0.39 is 10.0 Å². The number of sulfonamides is 1. The normalized spacial score (nSPS) is 21.0. The Labute approximate surface area is 180 Å². The molecule has 2 aliphatic rings. The summed E-state index contributed by atoms with van der Waals surface area (Å²) in [5.74, 6) is 1.34. The van der Waals surface area contributed by atoms with Gasteiger partial charge in [0.1, 0.15) is 10.7 Å². The third-order valence-corrected chi connectivity index (χ3v) is 8.26. The first-order valence-corrected chi connectivity index (χ1v) is 12.3. The molecular formula is C21H35N5O3S. The van der Waals surface area contributed by atoms with Gasteiger partial charge < -0.3 is 15.1 Å². The lowest BCUT2D eigenvalue weighted by atomic mass is 9.95. The molecule has 30 heavy (non-hydrogen) atoms. The fraction of sp³-hybridized carbons (Fsp3) is 0.714. The van der Waals surface area contributed by atoms with Gasteiger partial charge in [0.2, 0.25) is 15.9 Å². The highest BCUT2D eigenvalue weighted by Crippen LogP contribution is 2.24. The quantitative estimate of drug-likeness (QED) is 0.724. The second kappa shape index (κ2) is 9.62. The van der Waals surface area contributed by atoms with E-state index in [1.54, 1.807) is 12.1 Å². The summed E-state index contributed by atoms with van der Waals surface area (Å²) >= 11 is 0. The predicted octanol–water partition coefficient (Wildman–Crippen LogP) is 1.39. The molecule has 2 fully saturated rings. The molecule has 0 aromatic carbocycles. The minimum atomic E-state index is -3.50. The predicted molar refractivity (Wildman–Crippen MR) is 118 cm³/mol. The Balaban J connectivity index is 1.57. The highest BCUT2D eigenvalue weighted by atomic mass is 32.2. The molecule has 1 aromatic rings. The Morgan fingerprint density at radius 1 is 1.07 bits per heavy atom. The van der Waals surface area contributed by atoms with E-state index in [-0.39, 0.29) is 22.8 Å². The summed E-state index contributed by atoms with van der Waals surface area (Å²) in [5, 5.41) is 3.11. The van der Waals surface area contributed by atoms with Crippen LogP contribution in [0.2, 0.25) is 0 Å². The number of rotatable bonds is 6. The van der Waals surface area contributed by atoms with Crippen molar-refractivity contribution >= 4 is 21.7 Å². The van der Waals surface area contributed by atoms with Gasteiger partial charge in [-0.15, -0.1) is 0 Å². The monoisotopic (exact) mass is 437 g/mol. The van der Waals surface area contributed by atoms with Crippen molar-refractivity contribution in [2.24, 2.45) is 11.8 Å². The Morgan fingerprint density at radius 2 is 1.70 bits per heavy atom. The van der Waals surface area contributed by atoms with E-state index in [2.05, 4.69) is 33.9 Å². The summed E-state index contributed by atoms with van der Waals surface area (Å²) in [6.07, 6.45) is 3.02. The van der Waals surface area contributed by atoms with Crippen LogP contribution in [0.15, 0.2) is 23.2 Å². The first-order chi connectivity index (χ1) is 14.2. The number of carbonyl (C=O) groups excluding carboxylic acids is 1. The number of hydrogen-bond donors (Lipinski definition) is 1. The van der Waals surface area contributed by atoms with Gasteiger partial charge in [-0.2, -0.15) is 4.31 Å². The van der Waals surface area contributed by atoms with E-state index in [0.29, 0.717) is 19.0 Å². The van der Waals surface area contributed by atoms with Crippen molar-refractivity contribution in [2.45, 2.75) is 44.6 Å². The number of carbonyl (C=O) groups is 1. The Hall–Kier alpha value is -1.71. The molecule has 2 aliphatic heterocycles. The topological polar surface area (TPSA) is 85.8 Å². The van der Waals surface area contributed by atoms with Gasteiger partial charge in [0.25, 0.3) is 0 Å². The maximum atomic E-state index is 12.8. The van der Waals surface area contributed by atoms with Crippen LogP contribution in [0.5, 0.6) is 0 Å². The maximum absolute atomic E-state index is 12.8. The molecule has 3 heterocycles. The number of nitrogens with one attached hydrogen (secondary N) is 1. The SMILES string of the molecule is CC(C)C(C)NC(=O)C1CCN(c2ccc(S(=O)(=O)N3CCN(C)CC3)cn2)CC1. The maximum Gasteiger partial charge on any atom is 0.244 e. The van der Waals surface area contributed by atoms with E-state index in [9.17, 15) is 13.2 Å². The number of hydrogen-bond acceptors (Lipinski definition) is 6. The number of piperazine rings is 1. The molecular weight excluding hydrogens is 402 g/mol. The number of piperidine rings is 1. The third-order valence-electron chi connectivity index (χ3n) is 6.38. The summed E-state index contributed by atoms with van der Waals surface area (Å²) < 4.78 is 27.2. The van der Waals surface area contributed by atoms with Gasteiger partial charge in [-0.3, -0.25) is 4.79 Å². The zero-order valence-corrected chi connectivity index (χ0v) is 19.4. The molecule has 168 valence electrons. The van der Waals surface area contributed by atoms with Crippen LogP contribution in [0.3, 0.4) is 0 Å². The number of nitrogens with zero attached hydrogens (tertiary/aromatic N) is 4. The number of anilines is 1. The van der Waals surface area contributed by atoms with Crippen LogP contribution < -0.4 is 10.2 Å². The van der Waals surface area contributed by atoms with Gasteiger partial charge in [0.05, 0.1) is 0 Å². The molecule has 8 nitrogen and oxygen atoms in total. The molecule has 1 aromatic heterocycles. The standard InChI is InChI=1S/C21H35N5O3S/c1-16(2)17(3)23-21(27)18-7-9-25(10-8-18)20-6-5-19(15-22-20)30(28,29)26-13-11-24(4)12-14-26/h5-6,15-18H,7-14H2,1-4H3,(H,23,27). The average Bonchev–Trinajstić information content (AvgIpc) is 2.74. The summed E-state index contributed by atoms with van der Waals surface area (Å²) in [7, 11) is -1.50. The molecule has 1 N–H and O–H groups in total. The molecule has 1 atom stereocenters. The van der Waals surface area contributed by atoms with E-state index in [1.807, 2.05) is 14.0 Å². The van der Waals surface area contributed by atoms with Crippen LogP contribution in [0, 0.1) is 11.8 Å². The molecule has 0 saturated carbocycles. The van der Waals surface area contributed by atoms with Gasteiger partial charge in [0, 0.05) is 57.4 Å². The van der Waals surface area contributed by atoms with Gasteiger partial charge >= 0.3 is 0 Å². The van der Waals surface area contributed by atoms with Crippen molar-refractivity contribution < 1.29 is 13.2 Å². The molecule has 0 spiro atoms. The molecule has 3 rings (SSSR count). The first kappa shape index (κ1) is 23.0. The lowest BCUT2D eigenvalue weighted by Gasteiger charge is -2.33. The Kier molecular flexibility index (Phi) is 7.36. The smallest absolute Gasteiger partial charge is 0.244 e. The second-order valence-corrected chi connectivity index (χ2v) is 10.8. The minimum Gasteiger partial charge on any atom is -0.357 e. The molecule has 9 heteroatoms. The summed E-state index contributed by atoms with van der Waals surface area (Å²) in [6.45, 7) is 10.2. The summed E-state index contributed by atoms with van der Waals surface area (Å²) in [6, 6.07) is 3.61. The number of pyridine rings is 1. The van der Waals surface area contributed by atoms with Crippen LogP contribution in [0.1, 0.15) is 33.6 Å². The van der Waals surface area contributed by atoms with Crippen molar-refractivity contribution in [2.75, 3.05) is 51.2 Å². The Morgan fingerprint density at radius 3 is 2.23 bits per heavy atom. The van der Waals surface area contributed by atoms with E-state index >= 15 is 0 Å². The Bertz CT molecular complexity index is 812. The first-order valence-electron chi connectivity index (χ1n) is 10.9. The lowest BCUT2D eigenvalue weighted by molar-refractivity contribution is -0.126. The zero-order chi connectivity index (χ0) is 21.9. The number of aromatic nitrogens is 1. The highest BCUT2D eigenvalue weighted by molar-refractivity contribution is 7.89. The molecule has 1 amide bonds.